The fraction of sp³-hybridized carbons (Fsp3) is 0.434. The van der Waals surface area contributed by atoms with E-state index in [9.17, 15) is 9.59 Å². The van der Waals surface area contributed by atoms with Gasteiger partial charge in [0.05, 0.1) is 67.4 Å². The molecule has 23 heteroatoms. The Morgan fingerprint density at radius 3 is 0.604 bits per heavy atom. The topological polar surface area (TPSA) is 267 Å². The molecule has 0 spiro atoms. The number of Topliss-reactive ketones (excluding diaryl/α,β-unsaturated/α-hetero) is 1. The summed E-state index contributed by atoms with van der Waals surface area (Å²) in [7, 11) is 16.1. The molecular weight excluding hydrogens is 1360 g/mol. The van der Waals surface area contributed by atoms with E-state index >= 15 is 24.0 Å². The maximum atomic E-state index is 15.7. The Balaban J connectivity index is 1.43. The molecule has 16 bridgehead atoms. The van der Waals surface area contributed by atoms with E-state index in [1.807, 2.05) is 0 Å². The highest BCUT2D eigenvalue weighted by molar-refractivity contribution is 6.10. The van der Waals surface area contributed by atoms with E-state index in [4.69, 9.17) is 75.8 Å². The Morgan fingerprint density at radius 2 is 0.425 bits per heavy atom. The van der Waals surface area contributed by atoms with Crippen LogP contribution in [0.25, 0.3) is 0 Å². The van der Waals surface area contributed by atoms with Crippen LogP contribution in [0.3, 0.4) is 0 Å². The predicted octanol–water partition coefficient (Wildman–Crippen LogP) is 13.2. The highest BCUT2D eigenvalue weighted by atomic mass is 16.6. The molecule has 0 heterocycles. The van der Waals surface area contributed by atoms with E-state index in [1.165, 1.54) is 101 Å². The van der Waals surface area contributed by atoms with Crippen molar-refractivity contribution >= 4 is 41.6 Å². The lowest BCUT2D eigenvalue weighted by atomic mass is 9.73. The predicted molar refractivity (Wildman–Crippen MR) is 390 cm³/mol. The molecule has 23 nitrogen and oxygen atoms in total. The average molecular weight is 1460 g/mol. The summed E-state index contributed by atoms with van der Waals surface area (Å²) in [6.07, 6.45) is 25.0. The molecule has 566 valence electrons. The minimum atomic E-state index is -1.93. The van der Waals surface area contributed by atoms with E-state index in [2.05, 4.69) is 0 Å². The van der Waals surface area contributed by atoms with Crippen LogP contribution in [0.15, 0.2) is 146 Å². The van der Waals surface area contributed by atoms with Crippen molar-refractivity contribution in [1.82, 2.24) is 0 Å². The number of ether oxygens (including phenoxy) is 16. The fourth-order valence-corrected chi connectivity index (χ4v) is 14.0. The van der Waals surface area contributed by atoms with Gasteiger partial charge in [0.25, 0.3) is 0 Å². The minimum absolute atomic E-state index is 0.0162. The van der Waals surface area contributed by atoms with Crippen molar-refractivity contribution < 1.29 is 109 Å². The maximum Gasteiger partial charge on any atom is 0.339 e. The van der Waals surface area contributed by atoms with E-state index in [0.717, 1.165) is 14.2 Å². The van der Waals surface area contributed by atoms with Gasteiger partial charge in [0, 0.05) is 95.8 Å². The van der Waals surface area contributed by atoms with Crippen molar-refractivity contribution in [2.24, 2.45) is 0 Å². The number of hydrogen-bond donors (Lipinski definition) is 0. The van der Waals surface area contributed by atoms with Crippen LogP contribution in [0.2, 0.25) is 0 Å². The largest absolute Gasteiger partial charge is 0.492 e. The normalized spacial score (nSPS) is 25.7. The van der Waals surface area contributed by atoms with E-state index in [1.54, 1.807) is 198 Å². The maximum absolute atomic E-state index is 15.7. The molecule has 0 atom stereocenters. The van der Waals surface area contributed by atoms with Gasteiger partial charge in [0.15, 0.2) is 17.1 Å². The summed E-state index contributed by atoms with van der Waals surface area (Å²) >= 11 is 0. The summed E-state index contributed by atoms with van der Waals surface area (Å²) in [6.45, 7) is 20.0. The van der Waals surface area contributed by atoms with Crippen molar-refractivity contribution in [3.8, 4) is 11.5 Å². The van der Waals surface area contributed by atoms with Gasteiger partial charge in [-0.25, -0.2) is 28.8 Å². The quantitative estimate of drug-likeness (QED) is 0.0573. The molecule has 0 saturated heterocycles. The highest BCUT2D eigenvalue weighted by Crippen LogP contribution is 2.53. The Kier molecular flexibility index (Phi) is 22.1. The first-order chi connectivity index (χ1) is 49.6. The zero-order valence-corrected chi connectivity index (χ0v) is 64.7. The molecule has 0 aromatic heterocycles. The van der Waals surface area contributed by atoms with Gasteiger partial charge in [-0.1, -0.05) is 42.5 Å². The third kappa shape index (κ3) is 14.1. The van der Waals surface area contributed by atoms with Gasteiger partial charge in [-0.05, 0) is 186 Å². The van der Waals surface area contributed by atoms with Crippen LogP contribution in [0.5, 0.6) is 11.5 Å². The second kappa shape index (κ2) is 29.0. The lowest BCUT2D eigenvalue weighted by Gasteiger charge is -2.40. The molecule has 0 fully saturated rings. The molecule has 4 aromatic rings. The van der Waals surface area contributed by atoms with Crippen LogP contribution >= 0.6 is 0 Å². The molecule has 0 N–H and O–H groups in total. The number of esters is 6. The van der Waals surface area contributed by atoms with Crippen molar-refractivity contribution in [3.63, 3.8) is 0 Å². The molecule has 26 aliphatic carbocycles. The van der Waals surface area contributed by atoms with Gasteiger partial charge >= 0.3 is 35.8 Å². The molecule has 0 unspecified atom stereocenters. The molecular formula is C83H96O23. The zero-order valence-electron chi connectivity index (χ0n) is 64.7. The van der Waals surface area contributed by atoms with Crippen molar-refractivity contribution in [1.29, 1.82) is 0 Å². The molecule has 4 aromatic carbocycles. The van der Waals surface area contributed by atoms with Crippen LogP contribution in [-0.2, 0) is 106 Å². The van der Waals surface area contributed by atoms with Gasteiger partial charge in [-0.3, -0.25) is 4.79 Å². The summed E-state index contributed by atoms with van der Waals surface area (Å²) < 4.78 is 99.7. The lowest BCUT2D eigenvalue weighted by Crippen LogP contribution is -2.42. The van der Waals surface area contributed by atoms with Crippen molar-refractivity contribution in [2.45, 2.75) is 150 Å². The third-order valence-electron chi connectivity index (χ3n) is 19.2. The Labute approximate surface area is 619 Å². The Morgan fingerprint density at radius 1 is 0.245 bits per heavy atom. The zero-order chi connectivity index (χ0) is 78.6. The standard InChI is InChI=1S/C83H96O23/c1-72(2,3)103-68(87)59-52-29-30-54(61(59)70(89)105-74(7,8)9)80(99-21)41-43-82(101-23,44-42-80)56-26-25-49(63(91-13)64(56)92-14)65(84)83(102-24)47-45-81(100-22,46-48-83)55-32-31-53(60(69(88)104-73(4,5)6)62(55)71(90)106-75(10,11)12)79(98-20)39-35-77(96-18,36-40-79)51-28-27-50(57(66(85)93-15)58(51)67(86)94-16)76(95-17)33-37-78(52,97-19)38-34-76/h25-48H,1-24H3. The van der Waals surface area contributed by atoms with Gasteiger partial charge in [-0.2, -0.15) is 0 Å². The Hall–Kier alpha value is -9.43. The van der Waals surface area contributed by atoms with Gasteiger partial charge in [0.1, 0.15) is 61.6 Å². The summed E-state index contributed by atoms with van der Waals surface area (Å²) in [4.78, 5) is 107. The summed E-state index contributed by atoms with van der Waals surface area (Å²) in [5.41, 5.74) is -20.0. The molecule has 0 aliphatic heterocycles. The van der Waals surface area contributed by atoms with Crippen LogP contribution < -0.4 is 9.47 Å². The third-order valence-corrected chi connectivity index (χ3v) is 19.2. The second-order valence-electron chi connectivity index (χ2n) is 29.9. The SMILES string of the molecule is COC(=O)c1c2ccc(c1C(=O)OC)C1(OC)C=CC(OC)(C=C1)c1ccc(c(C(=O)OC(C)(C)C)c1C(=O)OC(C)(C)C)C1(OC)C=CC(OC)(C=C1)c1ccc(c(OC)c1OC)C(=O)C1(OC)C=CC(OC)(C=C1)c1ccc(c(C(=O)OC(C)(C)C)c1C(=O)OC(C)(C)C)C1(OC)C=CC2(OC)C=C1. The van der Waals surface area contributed by atoms with Crippen LogP contribution in [0.1, 0.15) is 195 Å². The van der Waals surface area contributed by atoms with Crippen molar-refractivity contribution in [3.05, 3.63) is 224 Å². The summed E-state index contributed by atoms with van der Waals surface area (Å²) in [5, 5.41) is 0. The molecule has 0 saturated carbocycles. The first-order valence-electron chi connectivity index (χ1n) is 34.1. The van der Waals surface area contributed by atoms with E-state index in [-0.39, 0.29) is 83.8 Å². The number of rotatable bonds is 16. The van der Waals surface area contributed by atoms with Crippen molar-refractivity contribution in [2.75, 3.05) is 85.3 Å². The molecule has 30 rings (SSSR count). The minimum Gasteiger partial charge on any atom is -0.492 e. The highest BCUT2D eigenvalue weighted by Gasteiger charge is 2.52. The number of benzene rings is 4. The summed E-state index contributed by atoms with van der Waals surface area (Å²) in [5.74, 6) is -6.52. The smallest absolute Gasteiger partial charge is 0.339 e. The Bertz CT molecular complexity index is 4400. The number of carbonyl (C=O) groups excluding carboxylic acids is 7. The van der Waals surface area contributed by atoms with Gasteiger partial charge in [0.2, 0.25) is 5.78 Å². The van der Waals surface area contributed by atoms with Crippen LogP contribution in [0.4, 0.5) is 0 Å². The average Bonchev–Trinajstić information content (AvgIpc) is 0.726. The van der Waals surface area contributed by atoms with E-state index < -0.39 is 109 Å². The monoisotopic (exact) mass is 1460 g/mol. The summed E-state index contributed by atoms with van der Waals surface area (Å²) in [6, 6.07) is 12.6. The first kappa shape index (κ1) is 80.7. The number of hydrogen-bond acceptors (Lipinski definition) is 23. The number of ketones is 1. The number of methoxy groups -OCH3 is 12. The second-order valence-corrected chi connectivity index (χ2v) is 29.9. The van der Waals surface area contributed by atoms with E-state index in [0.29, 0.717) is 5.56 Å². The van der Waals surface area contributed by atoms with Crippen LogP contribution in [-0.4, -0.2) is 155 Å². The van der Waals surface area contributed by atoms with Gasteiger partial charge < -0.3 is 75.8 Å². The molecule has 0 radical (unpaired) electrons. The van der Waals surface area contributed by atoms with Gasteiger partial charge in [-0.15, -0.1) is 0 Å². The lowest BCUT2D eigenvalue weighted by molar-refractivity contribution is -0.000384. The van der Waals surface area contributed by atoms with Crippen LogP contribution in [0, 0.1) is 0 Å². The fourth-order valence-electron chi connectivity index (χ4n) is 14.0. The molecule has 26 aliphatic rings. The first-order valence-corrected chi connectivity index (χ1v) is 34.1. The number of carbonyl (C=O) groups is 7. The molecule has 0 amide bonds. The molecule has 106 heavy (non-hydrogen) atoms.